The van der Waals surface area contributed by atoms with Crippen LogP contribution in [0, 0.1) is 17.5 Å². The van der Waals surface area contributed by atoms with Crippen LogP contribution in [0.15, 0.2) is 36.4 Å². The molecule has 98 valence electrons. The Labute approximate surface area is 105 Å². The van der Waals surface area contributed by atoms with Gasteiger partial charge in [-0.2, -0.15) is 0 Å². The van der Waals surface area contributed by atoms with Crippen molar-refractivity contribution in [2.24, 2.45) is 0 Å². The van der Waals surface area contributed by atoms with Crippen LogP contribution in [-0.4, -0.2) is 11.1 Å². The highest BCUT2D eigenvalue weighted by atomic mass is 19.1. The van der Waals surface area contributed by atoms with Crippen molar-refractivity contribution in [3.63, 3.8) is 0 Å². The van der Waals surface area contributed by atoms with Gasteiger partial charge in [0.1, 0.15) is 17.4 Å². The molecule has 0 aliphatic heterocycles. The number of ether oxygens (including phenoxy) is 1. The molecule has 0 amide bonds. The zero-order valence-electron chi connectivity index (χ0n) is 9.36. The van der Waals surface area contributed by atoms with E-state index < -0.39 is 23.4 Å². The molecule has 0 heterocycles. The Morgan fingerprint density at radius 3 is 2.16 bits per heavy atom. The third kappa shape index (κ3) is 3.04. The average Bonchev–Trinajstić information content (AvgIpc) is 2.30. The van der Waals surface area contributed by atoms with E-state index in [4.69, 9.17) is 9.84 Å². The monoisotopic (exact) mass is 268 g/mol. The molecular formula is C13H7F3O3. The molecule has 2 aromatic rings. The summed E-state index contributed by atoms with van der Waals surface area (Å²) in [6.45, 7) is 0. The van der Waals surface area contributed by atoms with Gasteiger partial charge >= 0.3 is 5.97 Å². The normalized spacial score (nSPS) is 10.3. The minimum Gasteiger partial charge on any atom is -0.478 e. The van der Waals surface area contributed by atoms with E-state index in [1.54, 1.807) is 0 Å². The third-order valence-electron chi connectivity index (χ3n) is 2.24. The first-order valence-corrected chi connectivity index (χ1v) is 5.12. The number of carboxylic acids is 1. The standard InChI is InChI=1S/C13H7F3O3/c14-8-4-9(15)6-10(5-8)19-12-2-1-7(13(17)18)3-11(12)16/h1-6H,(H,17,18). The molecule has 0 saturated heterocycles. The van der Waals surface area contributed by atoms with E-state index in [0.29, 0.717) is 6.07 Å². The Hall–Kier alpha value is -2.50. The second-order valence-corrected chi connectivity index (χ2v) is 3.66. The Kier molecular flexibility index (Phi) is 3.41. The SMILES string of the molecule is O=C(O)c1ccc(Oc2cc(F)cc(F)c2)c(F)c1. The molecule has 0 unspecified atom stereocenters. The van der Waals surface area contributed by atoms with E-state index in [-0.39, 0.29) is 17.1 Å². The van der Waals surface area contributed by atoms with Crippen LogP contribution in [0.5, 0.6) is 11.5 Å². The van der Waals surface area contributed by atoms with E-state index in [0.717, 1.165) is 30.3 Å². The maximum Gasteiger partial charge on any atom is 0.335 e. The molecule has 0 aliphatic rings. The largest absolute Gasteiger partial charge is 0.478 e. The highest BCUT2D eigenvalue weighted by molar-refractivity contribution is 5.87. The third-order valence-corrected chi connectivity index (χ3v) is 2.24. The van der Waals surface area contributed by atoms with Crippen LogP contribution in [-0.2, 0) is 0 Å². The Morgan fingerprint density at radius 2 is 1.63 bits per heavy atom. The van der Waals surface area contributed by atoms with Crippen molar-refractivity contribution in [2.75, 3.05) is 0 Å². The summed E-state index contributed by atoms with van der Waals surface area (Å²) >= 11 is 0. The van der Waals surface area contributed by atoms with Crippen LogP contribution in [0.3, 0.4) is 0 Å². The smallest absolute Gasteiger partial charge is 0.335 e. The van der Waals surface area contributed by atoms with Crippen LogP contribution in [0.4, 0.5) is 13.2 Å². The average molecular weight is 268 g/mol. The van der Waals surface area contributed by atoms with E-state index in [1.807, 2.05) is 0 Å². The molecule has 0 atom stereocenters. The van der Waals surface area contributed by atoms with Gasteiger partial charge in [0.05, 0.1) is 5.56 Å². The second kappa shape index (κ2) is 5.01. The number of aromatic carboxylic acids is 1. The van der Waals surface area contributed by atoms with Crippen molar-refractivity contribution < 1.29 is 27.8 Å². The van der Waals surface area contributed by atoms with Gasteiger partial charge in [-0.3, -0.25) is 0 Å². The van der Waals surface area contributed by atoms with E-state index in [9.17, 15) is 18.0 Å². The summed E-state index contributed by atoms with van der Waals surface area (Å²) in [6.07, 6.45) is 0. The molecular weight excluding hydrogens is 261 g/mol. The van der Waals surface area contributed by atoms with E-state index in [2.05, 4.69) is 0 Å². The number of hydrogen-bond donors (Lipinski definition) is 1. The number of rotatable bonds is 3. The lowest BCUT2D eigenvalue weighted by Gasteiger charge is -2.07. The van der Waals surface area contributed by atoms with Gasteiger partial charge < -0.3 is 9.84 Å². The molecule has 0 aromatic heterocycles. The lowest BCUT2D eigenvalue weighted by Crippen LogP contribution is -1.98. The number of benzene rings is 2. The second-order valence-electron chi connectivity index (χ2n) is 3.66. The number of carboxylic acid groups (broad SMARTS) is 1. The number of carbonyl (C=O) groups is 1. The molecule has 3 nitrogen and oxygen atoms in total. The summed E-state index contributed by atoms with van der Waals surface area (Å²) in [6, 6.07) is 5.36. The highest BCUT2D eigenvalue weighted by Gasteiger charge is 2.11. The van der Waals surface area contributed by atoms with Crippen LogP contribution in [0.25, 0.3) is 0 Å². The minimum absolute atomic E-state index is 0.223. The first kappa shape index (κ1) is 12.9. The Morgan fingerprint density at radius 1 is 1.00 bits per heavy atom. The quantitative estimate of drug-likeness (QED) is 0.925. The topological polar surface area (TPSA) is 46.5 Å². The van der Waals surface area contributed by atoms with Crippen molar-refractivity contribution in [2.45, 2.75) is 0 Å². The van der Waals surface area contributed by atoms with Gasteiger partial charge in [-0.15, -0.1) is 0 Å². The first-order valence-electron chi connectivity index (χ1n) is 5.12. The highest BCUT2D eigenvalue weighted by Crippen LogP contribution is 2.26. The first-order chi connectivity index (χ1) is 8.95. The van der Waals surface area contributed by atoms with Gasteiger partial charge in [-0.05, 0) is 18.2 Å². The Balaban J connectivity index is 2.30. The summed E-state index contributed by atoms with van der Waals surface area (Å²) in [5.74, 6) is -4.50. The molecule has 0 bridgehead atoms. The lowest BCUT2D eigenvalue weighted by atomic mass is 10.2. The van der Waals surface area contributed by atoms with Crippen LogP contribution in [0.1, 0.15) is 10.4 Å². The van der Waals surface area contributed by atoms with Gasteiger partial charge in [0.2, 0.25) is 0 Å². The fraction of sp³-hybridized carbons (Fsp3) is 0. The predicted molar refractivity (Wildman–Crippen MR) is 59.8 cm³/mol. The number of halogens is 3. The molecule has 0 saturated carbocycles. The molecule has 0 spiro atoms. The van der Waals surface area contributed by atoms with Crippen molar-refractivity contribution in [1.82, 2.24) is 0 Å². The lowest BCUT2D eigenvalue weighted by molar-refractivity contribution is 0.0696. The van der Waals surface area contributed by atoms with Gasteiger partial charge in [0, 0.05) is 18.2 Å². The maximum atomic E-state index is 13.5. The van der Waals surface area contributed by atoms with Gasteiger partial charge in [0.15, 0.2) is 11.6 Å². The van der Waals surface area contributed by atoms with E-state index >= 15 is 0 Å². The van der Waals surface area contributed by atoms with E-state index in [1.165, 1.54) is 0 Å². The molecule has 19 heavy (non-hydrogen) atoms. The number of hydrogen-bond acceptors (Lipinski definition) is 2. The maximum absolute atomic E-state index is 13.5. The minimum atomic E-state index is -1.29. The predicted octanol–water partition coefficient (Wildman–Crippen LogP) is 3.59. The summed E-state index contributed by atoms with van der Waals surface area (Å²) in [4.78, 5) is 10.6. The molecule has 0 fully saturated rings. The summed E-state index contributed by atoms with van der Waals surface area (Å²) in [5.41, 5.74) is -0.254. The fourth-order valence-electron chi connectivity index (χ4n) is 1.43. The summed E-state index contributed by atoms with van der Waals surface area (Å²) < 4.78 is 44.3. The molecule has 2 rings (SSSR count). The molecule has 6 heteroatoms. The van der Waals surface area contributed by atoms with Gasteiger partial charge in [-0.1, -0.05) is 0 Å². The summed E-state index contributed by atoms with van der Waals surface area (Å²) in [7, 11) is 0. The van der Waals surface area contributed by atoms with Crippen molar-refractivity contribution in [1.29, 1.82) is 0 Å². The zero-order chi connectivity index (χ0) is 14.0. The van der Waals surface area contributed by atoms with Crippen LogP contribution >= 0.6 is 0 Å². The summed E-state index contributed by atoms with van der Waals surface area (Å²) in [5, 5.41) is 8.66. The fourth-order valence-corrected chi connectivity index (χ4v) is 1.43. The van der Waals surface area contributed by atoms with Gasteiger partial charge in [-0.25, -0.2) is 18.0 Å². The van der Waals surface area contributed by atoms with Crippen molar-refractivity contribution in [3.05, 3.63) is 59.4 Å². The zero-order valence-corrected chi connectivity index (χ0v) is 9.36. The molecule has 2 aromatic carbocycles. The molecule has 0 radical (unpaired) electrons. The Bertz CT molecular complexity index is 621. The van der Waals surface area contributed by atoms with Crippen LogP contribution in [0.2, 0.25) is 0 Å². The van der Waals surface area contributed by atoms with Crippen LogP contribution < -0.4 is 4.74 Å². The van der Waals surface area contributed by atoms with Gasteiger partial charge in [0.25, 0.3) is 0 Å². The molecule has 1 N–H and O–H groups in total. The van der Waals surface area contributed by atoms with Crippen molar-refractivity contribution >= 4 is 5.97 Å². The van der Waals surface area contributed by atoms with Crippen molar-refractivity contribution in [3.8, 4) is 11.5 Å². The molecule has 0 aliphatic carbocycles.